The van der Waals surface area contributed by atoms with E-state index < -0.39 is 0 Å². The van der Waals surface area contributed by atoms with Crippen molar-refractivity contribution in [2.75, 3.05) is 27.0 Å². The van der Waals surface area contributed by atoms with Gasteiger partial charge >= 0.3 is 0 Å². The Morgan fingerprint density at radius 2 is 2.43 bits per heavy atom. The van der Waals surface area contributed by atoms with Gasteiger partial charge in [-0.15, -0.1) is 0 Å². The molecule has 0 heterocycles. The molecule has 0 radical (unpaired) electrons. The minimum absolute atomic E-state index is 0.179. The molecule has 0 atom stereocenters. The third-order valence-electron chi connectivity index (χ3n) is 0.588. The summed E-state index contributed by atoms with van der Waals surface area (Å²) in [4.78, 5) is 0. The van der Waals surface area contributed by atoms with Gasteiger partial charge < -0.3 is 15.2 Å². The maximum absolute atomic E-state index is 8.04. The van der Waals surface area contributed by atoms with Crippen LogP contribution in [0.15, 0.2) is 0 Å². The highest BCUT2D eigenvalue weighted by molar-refractivity contribution is 4.31. The van der Waals surface area contributed by atoms with Gasteiger partial charge in [0.15, 0.2) is 0 Å². The molecule has 2 N–H and O–H groups in total. The highest BCUT2D eigenvalue weighted by Crippen LogP contribution is 1.64. The predicted molar refractivity (Wildman–Crippen MR) is 27.0 cm³/mol. The fourth-order valence-corrected chi connectivity index (χ4v) is 0.239. The molecule has 3 heteroatoms. The van der Waals surface area contributed by atoms with Gasteiger partial charge in [-0.05, 0) is 7.05 Å². The van der Waals surface area contributed by atoms with Crippen LogP contribution in [0, 0.1) is 0 Å². The minimum Gasteiger partial charge on any atom is -0.371 e. The normalized spacial score (nSPS) is 9.43. The van der Waals surface area contributed by atoms with E-state index in [-0.39, 0.29) is 6.79 Å². The molecule has 44 valence electrons. The molecular weight excluding hydrogens is 94.0 g/mol. The summed E-state index contributed by atoms with van der Waals surface area (Å²) in [5, 5.41) is 10.9. The number of likely N-dealkylation sites (N-methyl/N-ethyl adjacent to an activating group) is 1. The summed E-state index contributed by atoms with van der Waals surface area (Å²) in [6.07, 6.45) is 0. The summed E-state index contributed by atoms with van der Waals surface area (Å²) in [7, 11) is 1.83. The third-order valence-corrected chi connectivity index (χ3v) is 0.588. The summed E-state index contributed by atoms with van der Waals surface area (Å²) in [5.41, 5.74) is 0. The van der Waals surface area contributed by atoms with Gasteiger partial charge in [0.25, 0.3) is 0 Å². The molecule has 3 nitrogen and oxygen atoms in total. The zero-order valence-corrected chi connectivity index (χ0v) is 4.48. The second kappa shape index (κ2) is 5.88. The third kappa shape index (κ3) is 5.88. The number of rotatable bonds is 4. The highest BCUT2D eigenvalue weighted by Gasteiger charge is 1.77. The van der Waals surface area contributed by atoms with Crippen molar-refractivity contribution in [1.82, 2.24) is 5.32 Å². The van der Waals surface area contributed by atoms with Gasteiger partial charge in [-0.3, -0.25) is 0 Å². The van der Waals surface area contributed by atoms with Crippen molar-refractivity contribution >= 4 is 0 Å². The summed E-state index contributed by atoms with van der Waals surface area (Å²) in [5.74, 6) is 0. The zero-order chi connectivity index (χ0) is 5.54. The van der Waals surface area contributed by atoms with Crippen LogP contribution in [0.5, 0.6) is 0 Å². The molecule has 0 unspecified atom stereocenters. The predicted octanol–water partition coefficient (Wildman–Crippen LogP) is -0.828. The average Bonchev–Trinajstić information content (AvgIpc) is 1.69. The van der Waals surface area contributed by atoms with Crippen LogP contribution in [-0.2, 0) is 4.74 Å². The van der Waals surface area contributed by atoms with Crippen LogP contribution < -0.4 is 5.32 Å². The molecule has 0 aromatic carbocycles. The molecule has 0 aromatic heterocycles. The topological polar surface area (TPSA) is 41.5 Å². The molecule has 0 aliphatic rings. The van der Waals surface area contributed by atoms with Gasteiger partial charge in [0.05, 0.1) is 6.61 Å². The summed E-state index contributed by atoms with van der Waals surface area (Å²) < 4.78 is 4.57. The molecular formula is C4H11NO2. The van der Waals surface area contributed by atoms with E-state index in [2.05, 4.69) is 10.1 Å². The largest absolute Gasteiger partial charge is 0.371 e. The van der Waals surface area contributed by atoms with E-state index in [9.17, 15) is 0 Å². The van der Waals surface area contributed by atoms with E-state index in [4.69, 9.17) is 5.11 Å². The van der Waals surface area contributed by atoms with Gasteiger partial charge in [0.2, 0.25) is 0 Å². The first-order valence-corrected chi connectivity index (χ1v) is 2.25. The van der Waals surface area contributed by atoms with Gasteiger partial charge in [-0.1, -0.05) is 0 Å². The Hall–Kier alpha value is -0.120. The number of ether oxygens (including phenoxy) is 1. The van der Waals surface area contributed by atoms with Crippen LogP contribution in [0.25, 0.3) is 0 Å². The second-order valence-corrected chi connectivity index (χ2v) is 1.14. The molecule has 0 amide bonds. The van der Waals surface area contributed by atoms with Crippen LogP contribution in [0.1, 0.15) is 0 Å². The van der Waals surface area contributed by atoms with E-state index in [1.165, 1.54) is 0 Å². The van der Waals surface area contributed by atoms with Crippen LogP contribution in [0.3, 0.4) is 0 Å². The molecule has 7 heavy (non-hydrogen) atoms. The van der Waals surface area contributed by atoms with Gasteiger partial charge in [0.1, 0.15) is 6.79 Å². The van der Waals surface area contributed by atoms with Crippen molar-refractivity contribution < 1.29 is 9.84 Å². The lowest BCUT2D eigenvalue weighted by Gasteiger charge is -1.95. The van der Waals surface area contributed by atoms with Crippen molar-refractivity contribution in [2.24, 2.45) is 0 Å². The van der Waals surface area contributed by atoms with E-state index in [0.29, 0.717) is 6.61 Å². The molecule has 0 saturated carbocycles. The van der Waals surface area contributed by atoms with E-state index in [1.54, 1.807) is 0 Å². The lowest BCUT2D eigenvalue weighted by Crippen LogP contribution is -2.14. The average molecular weight is 105 g/mol. The Morgan fingerprint density at radius 1 is 1.71 bits per heavy atom. The summed E-state index contributed by atoms with van der Waals surface area (Å²) in [6.45, 7) is 1.19. The lowest BCUT2D eigenvalue weighted by molar-refractivity contribution is 0.000893. The number of hydrogen-bond acceptors (Lipinski definition) is 3. The first-order chi connectivity index (χ1) is 3.41. The first-order valence-electron chi connectivity index (χ1n) is 2.25. The van der Waals surface area contributed by atoms with Crippen LogP contribution in [0.2, 0.25) is 0 Å². The van der Waals surface area contributed by atoms with Crippen LogP contribution in [0.4, 0.5) is 0 Å². The molecule has 0 fully saturated rings. The van der Waals surface area contributed by atoms with E-state index >= 15 is 0 Å². The summed E-state index contributed by atoms with van der Waals surface area (Å²) >= 11 is 0. The Labute approximate surface area is 43.3 Å². The van der Waals surface area contributed by atoms with Crippen molar-refractivity contribution in [1.29, 1.82) is 0 Å². The highest BCUT2D eigenvalue weighted by atomic mass is 16.6. The van der Waals surface area contributed by atoms with Crippen molar-refractivity contribution in [3.63, 3.8) is 0 Å². The monoisotopic (exact) mass is 105 g/mol. The number of aliphatic hydroxyl groups is 1. The standard InChI is InChI=1S/C4H11NO2/c1-5-2-3-7-4-6/h5-6H,2-4H2,1H3. The zero-order valence-electron chi connectivity index (χ0n) is 4.48. The second-order valence-electron chi connectivity index (χ2n) is 1.14. The molecule has 0 aromatic rings. The van der Waals surface area contributed by atoms with Gasteiger partial charge in [-0.25, -0.2) is 0 Å². The fourth-order valence-electron chi connectivity index (χ4n) is 0.239. The smallest absolute Gasteiger partial charge is 0.143 e. The summed E-state index contributed by atoms with van der Waals surface area (Å²) in [6, 6.07) is 0. The molecule has 0 spiro atoms. The SMILES string of the molecule is CNCCOCO. The van der Waals surface area contributed by atoms with E-state index in [0.717, 1.165) is 6.54 Å². The number of nitrogens with one attached hydrogen (secondary N) is 1. The maximum atomic E-state index is 8.04. The van der Waals surface area contributed by atoms with Crippen molar-refractivity contribution in [2.45, 2.75) is 0 Å². The lowest BCUT2D eigenvalue weighted by atomic mass is 10.7. The number of aliphatic hydroxyl groups excluding tert-OH is 1. The van der Waals surface area contributed by atoms with Crippen molar-refractivity contribution in [3.05, 3.63) is 0 Å². The first kappa shape index (κ1) is 6.88. The Bertz CT molecular complexity index is 28.9. The molecule has 0 aliphatic carbocycles. The number of hydrogen-bond donors (Lipinski definition) is 2. The Balaban J connectivity index is 2.45. The van der Waals surface area contributed by atoms with E-state index in [1.807, 2.05) is 7.05 Å². The Morgan fingerprint density at radius 3 is 2.86 bits per heavy atom. The quantitative estimate of drug-likeness (QED) is 0.362. The van der Waals surface area contributed by atoms with Gasteiger partial charge in [0, 0.05) is 6.54 Å². The van der Waals surface area contributed by atoms with Crippen molar-refractivity contribution in [3.8, 4) is 0 Å². The van der Waals surface area contributed by atoms with Crippen LogP contribution >= 0.6 is 0 Å². The minimum atomic E-state index is -0.179. The fraction of sp³-hybridized carbons (Fsp3) is 1.00. The molecule has 0 bridgehead atoms. The molecule has 0 rings (SSSR count). The molecule has 0 aliphatic heterocycles. The van der Waals surface area contributed by atoms with Crippen LogP contribution in [-0.4, -0.2) is 32.1 Å². The Kier molecular flexibility index (Phi) is 5.78. The molecule has 0 saturated heterocycles. The van der Waals surface area contributed by atoms with Gasteiger partial charge in [-0.2, -0.15) is 0 Å². The maximum Gasteiger partial charge on any atom is 0.143 e.